The third-order valence-electron chi connectivity index (χ3n) is 8.44. The fourth-order valence-corrected chi connectivity index (χ4v) is 10.3. The second kappa shape index (κ2) is 13.5. The van der Waals surface area contributed by atoms with Crippen molar-refractivity contribution in [2.45, 2.75) is 148 Å². The van der Waals surface area contributed by atoms with Crippen LogP contribution in [0.25, 0.3) is 0 Å². The van der Waals surface area contributed by atoms with Crippen molar-refractivity contribution in [2.75, 3.05) is 0 Å². The topological polar surface area (TPSA) is 55.4 Å². The standard InChI is InChI=1S/C33H56BClO6SSi3/c1-15-26-29(37-43(6,7)8)31(39-45(12,13)14)30(38-44(9,10)11)28(36-26)22-16-18-25(35)23(20-22)21-24-17-19-27(42-24)34-40-32(2,3)33(4,5)41-34/h16-20,26,28-31H,15,21H2,1-14H3/t26-,28+,29-,30+,31+/m1/s1. The fourth-order valence-electron chi connectivity index (χ4n) is 5.81. The summed E-state index contributed by atoms with van der Waals surface area (Å²) in [5, 5.41) is 0.740. The first-order valence-corrected chi connectivity index (χ1v) is 27.8. The third-order valence-corrected chi connectivity index (χ3v) is 12.8. The molecule has 252 valence electrons. The van der Waals surface area contributed by atoms with Gasteiger partial charge in [0.25, 0.3) is 0 Å². The molecule has 4 rings (SSSR count). The lowest BCUT2D eigenvalue weighted by molar-refractivity contribution is -0.210. The Morgan fingerprint density at radius 1 is 0.778 bits per heavy atom. The van der Waals surface area contributed by atoms with Crippen molar-refractivity contribution < 1.29 is 27.3 Å². The smallest absolute Gasteiger partial charge is 0.409 e. The molecule has 2 saturated heterocycles. The van der Waals surface area contributed by atoms with Gasteiger partial charge in [-0.15, -0.1) is 11.3 Å². The zero-order valence-electron chi connectivity index (χ0n) is 30.0. The first-order valence-electron chi connectivity index (χ1n) is 16.4. The number of hydrogen-bond donors (Lipinski definition) is 0. The van der Waals surface area contributed by atoms with Crippen molar-refractivity contribution in [1.29, 1.82) is 0 Å². The van der Waals surface area contributed by atoms with Gasteiger partial charge >= 0.3 is 7.12 Å². The van der Waals surface area contributed by atoms with Crippen molar-refractivity contribution >= 4 is 59.8 Å². The van der Waals surface area contributed by atoms with E-state index in [4.69, 9.17) is 38.9 Å². The first-order chi connectivity index (χ1) is 20.5. The van der Waals surface area contributed by atoms with E-state index in [1.165, 1.54) is 4.88 Å². The van der Waals surface area contributed by atoms with Gasteiger partial charge in [0.2, 0.25) is 0 Å². The minimum absolute atomic E-state index is 0.108. The van der Waals surface area contributed by atoms with Crippen LogP contribution in [0.1, 0.15) is 63.1 Å². The Kier molecular flexibility index (Phi) is 11.3. The first kappa shape index (κ1) is 37.5. The molecule has 6 nitrogen and oxygen atoms in total. The predicted octanol–water partition coefficient (Wildman–Crippen LogP) is 8.80. The van der Waals surface area contributed by atoms with Gasteiger partial charge in [-0.2, -0.15) is 0 Å². The van der Waals surface area contributed by atoms with Crippen molar-refractivity contribution in [3.05, 3.63) is 51.4 Å². The van der Waals surface area contributed by atoms with E-state index in [0.29, 0.717) is 6.42 Å². The Morgan fingerprint density at radius 3 is 1.84 bits per heavy atom. The molecule has 2 aromatic rings. The monoisotopic (exact) mass is 710 g/mol. The highest BCUT2D eigenvalue weighted by atomic mass is 35.5. The van der Waals surface area contributed by atoms with Gasteiger partial charge in [0.1, 0.15) is 18.3 Å². The van der Waals surface area contributed by atoms with E-state index in [0.717, 1.165) is 27.3 Å². The Bertz CT molecular complexity index is 1300. The Morgan fingerprint density at radius 2 is 1.31 bits per heavy atom. The lowest BCUT2D eigenvalue weighted by Gasteiger charge is -2.51. The summed E-state index contributed by atoms with van der Waals surface area (Å²) >= 11 is 8.57. The molecule has 1 aromatic carbocycles. The summed E-state index contributed by atoms with van der Waals surface area (Å²) in [6.45, 7) is 30.7. The van der Waals surface area contributed by atoms with Crippen molar-refractivity contribution in [2.24, 2.45) is 0 Å². The molecule has 2 aliphatic heterocycles. The fraction of sp³-hybridized carbons (Fsp3) is 0.697. The van der Waals surface area contributed by atoms with Crippen LogP contribution >= 0.6 is 22.9 Å². The molecule has 1 aromatic heterocycles. The second-order valence-electron chi connectivity index (χ2n) is 16.5. The maximum Gasteiger partial charge on any atom is 0.505 e. The van der Waals surface area contributed by atoms with Crippen LogP contribution in [0.2, 0.25) is 63.9 Å². The van der Waals surface area contributed by atoms with E-state index in [1.54, 1.807) is 11.3 Å². The number of benzene rings is 1. The number of halogens is 1. The average molecular weight is 711 g/mol. The minimum atomic E-state index is -2.01. The summed E-state index contributed by atoms with van der Waals surface area (Å²) in [6.07, 6.45) is 0.422. The molecule has 2 fully saturated rings. The third kappa shape index (κ3) is 9.44. The molecule has 0 aliphatic carbocycles. The Balaban J connectivity index is 1.68. The van der Waals surface area contributed by atoms with Crippen molar-refractivity contribution in [3.63, 3.8) is 0 Å². The van der Waals surface area contributed by atoms with Crippen LogP contribution in [0.15, 0.2) is 30.3 Å². The summed E-state index contributed by atoms with van der Waals surface area (Å²) in [5.41, 5.74) is 1.37. The second-order valence-corrected chi connectivity index (χ2v) is 31.5. The largest absolute Gasteiger partial charge is 0.505 e. The highest BCUT2D eigenvalue weighted by Crippen LogP contribution is 2.42. The molecule has 2 aliphatic rings. The van der Waals surface area contributed by atoms with Gasteiger partial charge in [0.15, 0.2) is 25.0 Å². The lowest BCUT2D eigenvalue weighted by atomic mass is 9.88. The lowest BCUT2D eigenvalue weighted by Crippen LogP contribution is -2.62. The molecule has 0 N–H and O–H groups in total. The molecule has 12 heteroatoms. The molecule has 0 radical (unpaired) electrons. The molecule has 0 saturated carbocycles. The van der Waals surface area contributed by atoms with Gasteiger partial charge in [-0.3, -0.25) is 0 Å². The van der Waals surface area contributed by atoms with Crippen molar-refractivity contribution in [1.82, 2.24) is 0 Å². The number of thiophene rings is 1. The van der Waals surface area contributed by atoms with E-state index in [-0.39, 0.29) is 48.8 Å². The average Bonchev–Trinajstić information content (AvgIpc) is 3.41. The molecule has 0 spiro atoms. The quantitative estimate of drug-likeness (QED) is 0.217. The number of ether oxygens (including phenoxy) is 1. The van der Waals surface area contributed by atoms with Crippen LogP contribution in [0.4, 0.5) is 0 Å². The molecule has 45 heavy (non-hydrogen) atoms. The predicted molar refractivity (Wildman–Crippen MR) is 197 cm³/mol. The molecule has 0 amide bonds. The van der Waals surface area contributed by atoms with Gasteiger partial charge in [-0.05, 0) is 116 Å². The minimum Gasteiger partial charge on any atom is -0.409 e. The van der Waals surface area contributed by atoms with E-state index in [9.17, 15) is 0 Å². The van der Waals surface area contributed by atoms with E-state index in [2.05, 4.69) is 118 Å². The summed E-state index contributed by atoms with van der Waals surface area (Å²) in [7, 11) is -6.27. The summed E-state index contributed by atoms with van der Waals surface area (Å²) in [6, 6.07) is 10.6. The number of hydrogen-bond acceptors (Lipinski definition) is 7. The summed E-state index contributed by atoms with van der Waals surface area (Å²) in [5.74, 6) is 0. The maximum atomic E-state index is 7.02. The van der Waals surface area contributed by atoms with Gasteiger partial charge in [-0.1, -0.05) is 36.7 Å². The SMILES string of the molecule is CC[C@H]1O[C@@H](c2ccc(Cl)c(Cc3ccc(B4OC(C)(C)C(C)(C)O4)s3)c2)[C@H](O[Si](C)(C)C)[C@@H](O[Si](C)(C)C)[C@@H]1O[Si](C)(C)C. The highest BCUT2D eigenvalue weighted by molar-refractivity contribution is 7.22. The van der Waals surface area contributed by atoms with Gasteiger partial charge < -0.3 is 27.3 Å². The molecular weight excluding hydrogens is 655 g/mol. The van der Waals surface area contributed by atoms with Crippen LogP contribution in [0.3, 0.4) is 0 Å². The van der Waals surface area contributed by atoms with Crippen LogP contribution in [0.5, 0.6) is 0 Å². The molecule has 0 unspecified atom stereocenters. The normalized spacial score (nSPS) is 27.3. The van der Waals surface area contributed by atoms with Crippen molar-refractivity contribution in [3.8, 4) is 0 Å². The van der Waals surface area contributed by atoms with E-state index in [1.807, 2.05) is 6.07 Å². The van der Waals surface area contributed by atoms with Crippen LogP contribution < -0.4 is 4.78 Å². The maximum absolute atomic E-state index is 7.02. The van der Waals surface area contributed by atoms with Gasteiger partial charge in [0.05, 0.1) is 23.4 Å². The summed E-state index contributed by atoms with van der Waals surface area (Å²) in [4.78, 5) is 1.20. The zero-order chi connectivity index (χ0) is 33.8. The Labute approximate surface area is 285 Å². The Hall–Kier alpha value is -0.314. The summed E-state index contributed by atoms with van der Waals surface area (Å²) < 4.78 is 41.6. The van der Waals surface area contributed by atoms with Crippen LogP contribution in [-0.4, -0.2) is 67.7 Å². The van der Waals surface area contributed by atoms with Crippen LogP contribution in [-0.2, 0) is 33.7 Å². The van der Waals surface area contributed by atoms with Gasteiger partial charge in [-0.25, -0.2) is 0 Å². The highest BCUT2D eigenvalue weighted by Gasteiger charge is 2.53. The van der Waals surface area contributed by atoms with E-state index < -0.39 is 25.0 Å². The zero-order valence-corrected chi connectivity index (χ0v) is 34.6. The van der Waals surface area contributed by atoms with Crippen LogP contribution in [0, 0.1) is 0 Å². The number of rotatable bonds is 11. The van der Waals surface area contributed by atoms with E-state index >= 15 is 0 Å². The molecule has 0 bridgehead atoms. The molecule has 5 atom stereocenters. The van der Waals surface area contributed by atoms with Gasteiger partial charge in [0, 0.05) is 21.1 Å². The molecular formula is C33H56BClO6SSi3. The molecule has 3 heterocycles.